The molecule has 1 saturated heterocycles. The Morgan fingerprint density at radius 3 is 2.81 bits per heavy atom. The van der Waals surface area contributed by atoms with E-state index in [1.807, 2.05) is 0 Å². The highest BCUT2D eigenvalue weighted by Gasteiger charge is 2.28. The lowest BCUT2D eigenvalue weighted by atomic mass is 10.2. The molecule has 1 atom stereocenters. The quantitative estimate of drug-likeness (QED) is 0.822. The van der Waals surface area contributed by atoms with E-state index in [-0.39, 0.29) is 29.9 Å². The number of hydrogen-bond donors (Lipinski definition) is 1. The summed E-state index contributed by atoms with van der Waals surface area (Å²) in [6.45, 7) is 3.73. The van der Waals surface area contributed by atoms with Gasteiger partial charge in [-0.25, -0.2) is 4.79 Å². The van der Waals surface area contributed by atoms with Crippen LogP contribution in [0.5, 0.6) is 5.75 Å². The summed E-state index contributed by atoms with van der Waals surface area (Å²) in [4.78, 5) is 12.7. The number of cyclic esters (lactones) is 1. The van der Waals surface area contributed by atoms with Crippen molar-refractivity contribution in [1.82, 2.24) is 4.90 Å². The molecule has 1 N–H and O–H groups in total. The summed E-state index contributed by atoms with van der Waals surface area (Å²) in [5.41, 5.74) is 0.474. The monoisotopic (exact) mass is 315 g/mol. The molecule has 0 bridgehead atoms. The molecule has 116 valence electrons. The van der Waals surface area contributed by atoms with Gasteiger partial charge < -0.3 is 14.7 Å². The first kappa shape index (κ1) is 15.6. The molecule has 1 amide bonds. The Bertz CT molecular complexity index is 642. The fourth-order valence-corrected chi connectivity index (χ4v) is 3.18. The van der Waals surface area contributed by atoms with Gasteiger partial charge >= 0.3 is 6.09 Å². The van der Waals surface area contributed by atoms with Crippen LogP contribution in [-0.4, -0.2) is 50.3 Å². The molecule has 0 aliphatic carbocycles. The molecule has 21 heavy (non-hydrogen) atoms. The summed E-state index contributed by atoms with van der Waals surface area (Å²) >= 11 is 0. The lowest BCUT2D eigenvalue weighted by Crippen LogP contribution is -2.29. The third-order valence-electron chi connectivity index (χ3n) is 3.08. The zero-order chi connectivity index (χ0) is 15.6. The summed E-state index contributed by atoms with van der Waals surface area (Å²) in [6, 6.07) is 4.03. The van der Waals surface area contributed by atoms with Crippen molar-refractivity contribution in [1.29, 1.82) is 0 Å². The molecule has 1 aliphatic rings. The molecule has 1 aliphatic heterocycles. The minimum Gasteiger partial charge on any atom is -0.508 e. The van der Waals surface area contributed by atoms with Crippen molar-refractivity contribution in [2.75, 3.05) is 19.7 Å². The van der Waals surface area contributed by atoms with Crippen LogP contribution in [0.15, 0.2) is 23.1 Å². The van der Waals surface area contributed by atoms with Gasteiger partial charge in [-0.2, -0.15) is 8.42 Å². The number of phenolic OH excluding ortho intramolecular Hbond substituents is 1. The van der Waals surface area contributed by atoms with E-state index in [0.29, 0.717) is 12.1 Å². The van der Waals surface area contributed by atoms with Crippen LogP contribution in [0.1, 0.15) is 12.5 Å². The van der Waals surface area contributed by atoms with Crippen molar-refractivity contribution in [3.05, 3.63) is 23.8 Å². The molecule has 0 unspecified atom stereocenters. The number of carbonyl (C=O) groups is 1. The van der Waals surface area contributed by atoms with E-state index < -0.39 is 16.2 Å². The van der Waals surface area contributed by atoms with E-state index in [0.717, 1.165) is 6.07 Å². The van der Waals surface area contributed by atoms with Crippen LogP contribution in [0.3, 0.4) is 0 Å². The number of rotatable bonds is 5. The summed E-state index contributed by atoms with van der Waals surface area (Å²) < 4.78 is 33.9. The first-order valence-electron chi connectivity index (χ1n) is 6.44. The third-order valence-corrected chi connectivity index (χ3v) is 4.53. The molecule has 1 aromatic carbocycles. The topological polar surface area (TPSA) is 93.1 Å². The smallest absolute Gasteiger partial charge is 0.410 e. The predicted octanol–water partition coefficient (Wildman–Crippen LogP) is 1.25. The number of benzene rings is 1. The Hall–Kier alpha value is -1.80. The number of phenols is 1. The summed E-state index contributed by atoms with van der Waals surface area (Å²) in [5, 5.41) is 9.37. The first-order chi connectivity index (χ1) is 9.79. The van der Waals surface area contributed by atoms with Gasteiger partial charge in [-0.1, -0.05) is 6.07 Å². The number of aromatic hydroxyl groups is 1. The molecular weight excluding hydrogens is 298 g/mol. The molecule has 2 rings (SSSR count). The molecule has 1 fully saturated rings. The number of amides is 1. The van der Waals surface area contributed by atoms with E-state index in [2.05, 4.69) is 0 Å². The maximum absolute atomic E-state index is 12.1. The molecular formula is C13H17NO6S. The Labute approximate surface area is 123 Å². The highest BCUT2D eigenvalue weighted by molar-refractivity contribution is 7.86. The van der Waals surface area contributed by atoms with Crippen molar-refractivity contribution >= 4 is 16.2 Å². The van der Waals surface area contributed by atoms with Crippen LogP contribution >= 0.6 is 0 Å². The van der Waals surface area contributed by atoms with E-state index >= 15 is 0 Å². The summed E-state index contributed by atoms with van der Waals surface area (Å²) in [6.07, 6.45) is -0.681. The van der Waals surface area contributed by atoms with Gasteiger partial charge in [0.1, 0.15) is 16.7 Å². The largest absolute Gasteiger partial charge is 0.508 e. The van der Waals surface area contributed by atoms with Gasteiger partial charge in [0.2, 0.25) is 0 Å². The average molecular weight is 315 g/mol. The minimum absolute atomic E-state index is 0.0835. The predicted molar refractivity (Wildman–Crippen MR) is 73.5 cm³/mol. The van der Waals surface area contributed by atoms with Gasteiger partial charge in [-0.15, -0.1) is 0 Å². The number of carbonyl (C=O) groups excluding carboxylic acids is 1. The Morgan fingerprint density at radius 1 is 1.48 bits per heavy atom. The fourth-order valence-electron chi connectivity index (χ4n) is 2.03. The van der Waals surface area contributed by atoms with Crippen LogP contribution in [0.2, 0.25) is 0 Å². The molecule has 8 heteroatoms. The van der Waals surface area contributed by atoms with Crippen LogP contribution in [0.25, 0.3) is 0 Å². The summed E-state index contributed by atoms with van der Waals surface area (Å²) in [5.74, 6) is -0.153. The molecule has 1 aromatic rings. The molecule has 0 aromatic heterocycles. The zero-order valence-electron chi connectivity index (χ0n) is 11.8. The second kappa shape index (κ2) is 5.90. The van der Waals surface area contributed by atoms with Crippen molar-refractivity contribution in [2.24, 2.45) is 0 Å². The first-order valence-corrected chi connectivity index (χ1v) is 7.85. The van der Waals surface area contributed by atoms with Crippen molar-refractivity contribution in [3.8, 4) is 5.75 Å². The zero-order valence-corrected chi connectivity index (χ0v) is 12.6. The Kier molecular flexibility index (Phi) is 4.38. The fraction of sp³-hybridized carbons (Fsp3) is 0.462. The highest BCUT2D eigenvalue weighted by atomic mass is 32.2. The second-order valence-electron chi connectivity index (χ2n) is 4.87. The van der Waals surface area contributed by atoms with E-state index in [1.54, 1.807) is 13.8 Å². The highest BCUT2D eigenvalue weighted by Crippen LogP contribution is 2.22. The van der Waals surface area contributed by atoms with Crippen molar-refractivity contribution in [3.63, 3.8) is 0 Å². The molecule has 0 radical (unpaired) electrons. The summed E-state index contributed by atoms with van der Waals surface area (Å²) in [7, 11) is -3.97. The minimum atomic E-state index is -3.97. The standard InChI is InChI=1S/C13H17NO6S/c1-9-3-4-11(15)7-12(9)21(17,18)19-6-5-14-8-10(2)20-13(14)16/h3-4,7,10,15H,5-6,8H2,1-2H3/t10-/m0/s1. The van der Waals surface area contributed by atoms with E-state index in [4.69, 9.17) is 8.92 Å². The number of nitrogens with zero attached hydrogens (tertiary/aromatic N) is 1. The number of hydrogen-bond acceptors (Lipinski definition) is 6. The molecule has 1 heterocycles. The normalized spacial score (nSPS) is 18.9. The maximum Gasteiger partial charge on any atom is 0.410 e. The van der Waals surface area contributed by atoms with E-state index in [1.165, 1.54) is 17.0 Å². The van der Waals surface area contributed by atoms with Crippen LogP contribution in [-0.2, 0) is 19.0 Å². The van der Waals surface area contributed by atoms with Crippen molar-refractivity contribution in [2.45, 2.75) is 24.8 Å². The van der Waals surface area contributed by atoms with Crippen LogP contribution in [0, 0.1) is 6.92 Å². The van der Waals surface area contributed by atoms with Gasteiger partial charge in [0, 0.05) is 12.6 Å². The van der Waals surface area contributed by atoms with Crippen molar-refractivity contribution < 1.29 is 27.2 Å². The third kappa shape index (κ3) is 3.64. The van der Waals surface area contributed by atoms with Crippen LogP contribution < -0.4 is 0 Å². The lowest BCUT2D eigenvalue weighted by Gasteiger charge is -2.13. The van der Waals surface area contributed by atoms with Gasteiger partial charge in [0.15, 0.2) is 0 Å². The maximum atomic E-state index is 12.1. The van der Waals surface area contributed by atoms with E-state index in [9.17, 15) is 18.3 Å². The lowest BCUT2D eigenvalue weighted by molar-refractivity contribution is 0.136. The Morgan fingerprint density at radius 2 is 2.19 bits per heavy atom. The molecule has 7 nitrogen and oxygen atoms in total. The van der Waals surface area contributed by atoms with Gasteiger partial charge in [0.25, 0.3) is 10.1 Å². The second-order valence-corrected chi connectivity index (χ2v) is 6.45. The van der Waals surface area contributed by atoms with Crippen LogP contribution in [0.4, 0.5) is 4.79 Å². The number of aryl methyl sites for hydroxylation is 1. The average Bonchev–Trinajstić information content (AvgIpc) is 2.70. The molecule has 0 saturated carbocycles. The molecule has 0 spiro atoms. The SMILES string of the molecule is Cc1ccc(O)cc1S(=O)(=O)OCCN1C[C@H](C)OC1=O. The van der Waals surface area contributed by atoms with Gasteiger partial charge in [-0.3, -0.25) is 4.18 Å². The van der Waals surface area contributed by atoms with Gasteiger partial charge in [0.05, 0.1) is 13.2 Å². The van der Waals surface area contributed by atoms with Gasteiger partial charge in [-0.05, 0) is 25.5 Å². The number of ether oxygens (including phenoxy) is 1. The Balaban J connectivity index is 1.99.